The molecule has 0 bridgehead atoms. The number of nitrogens with one attached hydrogen (secondary N) is 2. The molecule has 1 amide bonds. The van der Waals surface area contributed by atoms with Crippen molar-refractivity contribution in [2.24, 2.45) is 0 Å². The number of furan rings is 1. The van der Waals surface area contributed by atoms with E-state index >= 15 is 0 Å². The fourth-order valence-electron chi connectivity index (χ4n) is 2.55. The van der Waals surface area contributed by atoms with Gasteiger partial charge in [-0.2, -0.15) is 0 Å². The van der Waals surface area contributed by atoms with Crippen molar-refractivity contribution in [3.8, 4) is 17.1 Å². The molecule has 0 saturated heterocycles. The van der Waals surface area contributed by atoms with E-state index in [1.54, 1.807) is 38.1 Å². The summed E-state index contributed by atoms with van der Waals surface area (Å²) in [6, 6.07) is 18.4. The zero-order valence-electron chi connectivity index (χ0n) is 16.4. The molecule has 3 rings (SSSR count). The van der Waals surface area contributed by atoms with Crippen LogP contribution in [0.2, 0.25) is 5.02 Å². The third kappa shape index (κ3) is 6.08. The van der Waals surface area contributed by atoms with Crippen LogP contribution in [0.4, 0.5) is 0 Å². The van der Waals surface area contributed by atoms with Gasteiger partial charge in [-0.05, 0) is 74.6 Å². The minimum atomic E-state index is -1.13. The van der Waals surface area contributed by atoms with Gasteiger partial charge in [0.2, 0.25) is 0 Å². The van der Waals surface area contributed by atoms with Crippen LogP contribution >= 0.6 is 39.7 Å². The molecule has 0 radical (unpaired) electrons. The number of hydrogen-bond acceptors (Lipinski definition) is 4. The summed E-state index contributed by atoms with van der Waals surface area (Å²) < 4.78 is 12.6. The Hall–Kier alpha value is -2.35. The number of hydrogen-bond donors (Lipinski definition) is 2. The maximum Gasteiger partial charge on any atom is 0.269 e. The first kappa shape index (κ1) is 22.3. The van der Waals surface area contributed by atoms with Gasteiger partial charge >= 0.3 is 0 Å². The summed E-state index contributed by atoms with van der Waals surface area (Å²) in [5.41, 5.74) is -0.152. The summed E-state index contributed by atoms with van der Waals surface area (Å²) in [6.07, 6.45) is 0. The molecule has 5 nitrogen and oxygen atoms in total. The second kappa shape index (κ2) is 9.64. The van der Waals surface area contributed by atoms with E-state index in [4.69, 9.17) is 33.0 Å². The minimum absolute atomic E-state index is 0.189. The minimum Gasteiger partial charge on any atom is -0.478 e. The van der Waals surface area contributed by atoms with Gasteiger partial charge in [0.25, 0.3) is 5.91 Å². The first-order chi connectivity index (χ1) is 14.2. The van der Waals surface area contributed by atoms with Gasteiger partial charge in [-0.3, -0.25) is 10.1 Å². The van der Waals surface area contributed by atoms with Gasteiger partial charge < -0.3 is 14.5 Å². The molecule has 1 heterocycles. The molecule has 2 aromatic carbocycles. The Morgan fingerprint density at radius 2 is 1.77 bits per heavy atom. The molecule has 30 heavy (non-hydrogen) atoms. The maximum atomic E-state index is 12.6. The van der Waals surface area contributed by atoms with E-state index in [2.05, 4.69) is 26.6 Å². The van der Waals surface area contributed by atoms with Crippen molar-refractivity contribution in [3.05, 3.63) is 75.9 Å². The standard InChI is InChI=1S/C22H20BrClN2O3S/c1-22(2,29-17-9-7-16(24)8-10-17)20(27)26-21(30)25-13-18-11-12-19(28-18)14-3-5-15(23)6-4-14/h3-12H,13H2,1-2H3,(H2,25,26,27,30). The summed E-state index contributed by atoms with van der Waals surface area (Å²) in [5, 5.41) is 6.41. The molecule has 0 unspecified atom stereocenters. The zero-order chi connectivity index (χ0) is 21.7. The van der Waals surface area contributed by atoms with Gasteiger partial charge in [0, 0.05) is 15.1 Å². The van der Waals surface area contributed by atoms with Gasteiger partial charge in [0.1, 0.15) is 17.3 Å². The summed E-state index contributed by atoms with van der Waals surface area (Å²) in [4.78, 5) is 12.6. The van der Waals surface area contributed by atoms with Crippen LogP contribution in [0.1, 0.15) is 19.6 Å². The van der Waals surface area contributed by atoms with Crippen molar-refractivity contribution < 1.29 is 13.9 Å². The van der Waals surface area contributed by atoms with Gasteiger partial charge in [-0.25, -0.2) is 0 Å². The molecule has 0 fully saturated rings. The third-order valence-electron chi connectivity index (χ3n) is 4.17. The van der Waals surface area contributed by atoms with Crippen molar-refractivity contribution >= 4 is 50.8 Å². The summed E-state index contributed by atoms with van der Waals surface area (Å²) in [7, 11) is 0. The number of amides is 1. The summed E-state index contributed by atoms with van der Waals surface area (Å²) >= 11 is 14.5. The topological polar surface area (TPSA) is 63.5 Å². The Morgan fingerprint density at radius 1 is 1.10 bits per heavy atom. The summed E-state index contributed by atoms with van der Waals surface area (Å²) in [6.45, 7) is 3.67. The fourth-order valence-corrected chi connectivity index (χ4v) is 3.11. The Morgan fingerprint density at radius 3 is 2.43 bits per heavy atom. The molecule has 0 aliphatic heterocycles. The first-order valence-corrected chi connectivity index (χ1v) is 10.7. The zero-order valence-corrected chi connectivity index (χ0v) is 19.5. The molecule has 2 N–H and O–H groups in total. The lowest BCUT2D eigenvalue weighted by molar-refractivity contribution is -0.132. The summed E-state index contributed by atoms with van der Waals surface area (Å²) in [5.74, 6) is 1.62. The number of ether oxygens (including phenoxy) is 1. The Labute approximate surface area is 193 Å². The highest BCUT2D eigenvalue weighted by Gasteiger charge is 2.30. The van der Waals surface area contributed by atoms with E-state index in [-0.39, 0.29) is 11.0 Å². The van der Waals surface area contributed by atoms with Gasteiger partial charge in [0.05, 0.1) is 6.54 Å². The van der Waals surface area contributed by atoms with E-state index < -0.39 is 5.60 Å². The van der Waals surface area contributed by atoms with Crippen molar-refractivity contribution in [2.45, 2.75) is 26.0 Å². The number of carbonyl (C=O) groups excluding carboxylic acids is 1. The highest BCUT2D eigenvalue weighted by molar-refractivity contribution is 9.10. The van der Waals surface area contributed by atoms with Crippen LogP contribution in [0.15, 0.2) is 69.6 Å². The predicted molar refractivity (Wildman–Crippen MR) is 126 cm³/mol. The number of carbonyl (C=O) groups is 1. The quantitative estimate of drug-likeness (QED) is 0.418. The lowest BCUT2D eigenvalue weighted by atomic mass is 10.1. The van der Waals surface area contributed by atoms with E-state index in [9.17, 15) is 4.79 Å². The average Bonchev–Trinajstić information content (AvgIpc) is 3.17. The van der Waals surface area contributed by atoms with Crippen LogP contribution in [-0.2, 0) is 11.3 Å². The monoisotopic (exact) mass is 506 g/mol. The highest BCUT2D eigenvalue weighted by atomic mass is 79.9. The number of rotatable bonds is 6. The molecule has 0 aliphatic rings. The largest absolute Gasteiger partial charge is 0.478 e. The van der Waals surface area contributed by atoms with Crippen LogP contribution in [0.25, 0.3) is 11.3 Å². The SMILES string of the molecule is CC(C)(Oc1ccc(Cl)cc1)C(=O)NC(=S)NCc1ccc(-c2ccc(Br)cc2)o1. The molecule has 1 aromatic heterocycles. The Balaban J connectivity index is 1.52. The van der Waals surface area contributed by atoms with Crippen LogP contribution in [0.5, 0.6) is 5.75 Å². The van der Waals surface area contributed by atoms with E-state index in [1.165, 1.54) is 0 Å². The predicted octanol–water partition coefficient (Wildman–Crippen LogP) is 5.71. The maximum absolute atomic E-state index is 12.6. The van der Waals surface area contributed by atoms with E-state index in [0.717, 1.165) is 15.8 Å². The fraction of sp³-hybridized carbons (Fsp3) is 0.182. The highest BCUT2D eigenvalue weighted by Crippen LogP contribution is 2.24. The molecule has 3 aromatic rings. The smallest absolute Gasteiger partial charge is 0.269 e. The second-order valence-electron chi connectivity index (χ2n) is 6.98. The van der Waals surface area contributed by atoms with Gasteiger partial charge in [-0.1, -0.05) is 39.7 Å². The lowest BCUT2D eigenvalue weighted by Crippen LogP contribution is -2.51. The molecule has 0 aliphatic carbocycles. The average molecular weight is 508 g/mol. The number of thiocarbonyl (C=S) groups is 1. The number of benzene rings is 2. The van der Waals surface area contributed by atoms with Crippen molar-refractivity contribution in [3.63, 3.8) is 0 Å². The molecule has 0 atom stereocenters. The van der Waals surface area contributed by atoms with Crippen LogP contribution < -0.4 is 15.4 Å². The molecule has 0 saturated carbocycles. The molecular weight excluding hydrogens is 488 g/mol. The van der Waals surface area contributed by atoms with Gasteiger partial charge in [0.15, 0.2) is 10.7 Å². The molecular formula is C22H20BrClN2O3S. The second-order valence-corrected chi connectivity index (χ2v) is 8.74. The van der Waals surface area contributed by atoms with E-state index in [1.807, 2.05) is 36.4 Å². The Kier molecular flexibility index (Phi) is 7.18. The van der Waals surface area contributed by atoms with Crippen molar-refractivity contribution in [1.29, 1.82) is 0 Å². The Bertz CT molecular complexity index is 1030. The van der Waals surface area contributed by atoms with E-state index in [0.29, 0.717) is 23.1 Å². The number of halogens is 2. The van der Waals surface area contributed by atoms with Crippen LogP contribution in [-0.4, -0.2) is 16.6 Å². The third-order valence-corrected chi connectivity index (χ3v) is 5.20. The molecule has 156 valence electrons. The molecule has 8 heteroatoms. The van der Waals surface area contributed by atoms with Crippen molar-refractivity contribution in [1.82, 2.24) is 10.6 Å². The van der Waals surface area contributed by atoms with Gasteiger partial charge in [-0.15, -0.1) is 0 Å². The van der Waals surface area contributed by atoms with Crippen LogP contribution in [0.3, 0.4) is 0 Å². The first-order valence-electron chi connectivity index (χ1n) is 9.11. The molecule has 0 spiro atoms. The van der Waals surface area contributed by atoms with Crippen LogP contribution in [0, 0.1) is 0 Å². The van der Waals surface area contributed by atoms with Crippen molar-refractivity contribution in [2.75, 3.05) is 0 Å². The lowest BCUT2D eigenvalue weighted by Gasteiger charge is -2.25. The normalized spacial score (nSPS) is 11.1.